The molecule has 0 atom stereocenters. The molecule has 0 spiro atoms. The topological polar surface area (TPSA) is 60.3 Å². The van der Waals surface area contributed by atoms with Crippen molar-refractivity contribution in [3.8, 4) is 0 Å². The van der Waals surface area contributed by atoms with Gasteiger partial charge in [0, 0.05) is 30.0 Å². The minimum atomic E-state index is -0.357. The number of carbonyl (C=O) groups excluding carboxylic acids is 2. The summed E-state index contributed by atoms with van der Waals surface area (Å²) in [6.45, 7) is 6.81. The molecule has 23 heavy (non-hydrogen) atoms. The summed E-state index contributed by atoms with van der Waals surface area (Å²) < 4.78 is 7.04. The van der Waals surface area contributed by atoms with Gasteiger partial charge < -0.3 is 14.6 Å². The van der Waals surface area contributed by atoms with Crippen LogP contribution in [0.2, 0.25) is 0 Å². The number of aromatic nitrogens is 1. The van der Waals surface area contributed by atoms with Gasteiger partial charge in [0.25, 0.3) is 0 Å². The molecule has 5 heteroatoms. The van der Waals surface area contributed by atoms with Crippen LogP contribution >= 0.6 is 0 Å². The third-order valence-electron chi connectivity index (χ3n) is 3.66. The molecule has 1 N–H and O–H groups in total. The Kier molecular flexibility index (Phi) is 5.57. The molecular weight excluding hydrogens is 292 g/mol. The molecule has 122 valence electrons. The van der Waals surface area contributed by atoms with E-state index in [4.69, 9.17) is 4.74 Å². The second-order valence-electron chi connectivity index (χ2n) is 5.36. The number of esters is 1. The van der Waals surface area contributed by atoms with Gasteiger partial charge in [-0.15, -0.1) is 0 Å². The highest BCUT2D eigenvalue weighted by molar-refractivity contribution is 5.93. The lowest BCUT2D eigenvalue weighted by Gasteiger charge is -2.10. The summed E-state index contributed by atoms with van der Waals surface area (Å²) in [5.74, 6) is -0.412. The number of anilines is 1. The van der Waals surface area contributed by atoms with E-state index in [-0.39, 0.29) is 11.9 Å². The molecule has 0 bridgehead atoms. The van der Waals surface area contributed by atoms with Crippen LogP contribution < -0.4 is 5.32 Å². The molecule has 2 aromatic rings. The van der Waals surface area contributed by atoms with Crippen LogP contribution in [0, 0.1) is 13.8 Å². The SMILES string of the molecule is CCOC(=O)c1ccc(NC(=O)CCn2c(C)ccc2C)cc1. The van der Waals surface area contributed by atoms with E-state index in [1.807, 2.05) is 26.0 Å². The van der Waals surface area contributed by atoms with Crippen molar-refractivity contribution < 1.29 is 14.3 Å². The average Bonchev–Trinajstić information content (AvgIpc) is 2.85. The van der Waals surface area contributed by atoms with Gasteiger partial charge in [-0.05, 0) is 57.2 Å². The smallest absolute Gasteiger partial charge is 0.338 e. The Morgan fingerprint density at radius 3 is 2.22 bits per heavy atom. The lowest BCUT2D eigenvalue weighted by molar-refractivity contribution is -0.116. The van der Waals surface area contributed by atoms with Gasteiger partial charge in [0.1, 0.15) is 0 Å². The normalized spacial score (nSPS) is 10.4. The highest BCUT2D eigenvalue weighted by Crippen LogP contribution is 2.12. The zero-order valence-corrected chi connectivity index (χ0v) is 13.8. The van der Waals surface area contributed by atoms with Crippen molar-refractivity contribution in [2.75, 3.05) is 11.9 Å². The molecule has 0 fully saturated rings. The number of hydrogen-bond acceptors (Lipinski definition) is 3. The van der Waals surface area contributed by atoms with Gasteiger partial charge in [-0.25, -0.2) is 4.79 Å². The van der Waals surface area contributed by atoms with Crippen LogP contribution in [-0.4, -0.2) is 23.1 Å². The van der Waals surface area contributed by atoms with E-state index in [1.54, 1.807) is 31.2 Å². The maximum absolute atomic E-state index is 12.0. The average molecular weight is 314 g/mol. The minimum absolute atomic E-state index is 0.0543. The standard InChI is InChI=1S/C18H22N2O3/c1-4-23-18(22)15-7-9-16(10-8-15)19-17(21)11-12-20-13(2)5-6-14(20)3/h5-10H,4,11-12H2,1-3H3,(H,19,21). The van der Waals surface area contributed by atoms with Crippen LogP contribution in [0.5, 0.6) is 0 Å². The second-order valence-corrected chi connectivity index (χ2v) is 5.36. The van der Waals surface area contributed by atoms with Crippen LogP contribution in [0.4, 0.5) is 5.69 Å². The highest BCUT2D eigenvalue weighted by Gasteiger charge is 2.08. The Bertz CT molecular complexity index is 667. The predicted octanol–water partition coefficient (Wildman–Crippen LogP) is 3.31. The fourth-order valence-corrected chi connectivity index (χ4v) is 2.39. The molecule has 0 aliphatic rings. The number of benzene rings is 1. The number of ether oxygens (including phenoxy) is 1. The Hall–Kier alpha value is -2.56. The zero-order chi connectivity index (χ0) is 16.8. The Morgan fingerprint density at radius 1 is 1.04 bits per heavy atom. The van der Waals surface area contributed by atoms with Gasteiger partial charge in [0.2, 0.25) is 5.91 Å². The number of hydrogen-bond donors (Lipinski definition) is 1. The van der Waals surface area contributed by atoms with Gasteiger partial charge in [0.15, 0.2) is 0 Å². The van der Waals surface area contributed by atoms with Crippen molar-refractivity contribution in [3.63, 3.8) is 0 Å². The van der Waals surface area contributed by atoms with E-state index in [9.17, 15) is 9.59 Å². The monoisotopic (exact) mass is 314 g/mol. The molecule has 0 aliphatic carbocycles. The van der Waals surface area contributed by atoms with Gasteiger partial charge in [-0.2, -0.15) is 0 Å². The van der Waals surface area contributed by atoms with Crippen molar-refractivity contribution in [3.05, 3.63) is 53.3 Å². The Labute approximate surface area is 136 Å². The van der Waals surface area contributed by atoms with Crippen molar-refractivity contribution in [2.45, 2.75) is 33.7 Å². The molecule has 0 saturated heterocycles. The summed E-state index contributed by atoms with van der Waals surface area (Å²) in [7, 11) is 0. The molecule has 1 aromatic heterocycles. The van der Waals surface area contributed by atoms with E-state index < -0.39 is 0 Å². The zero-order valence-electron chi connectivity index (χ0n) is 13.8. The van der Waals surface area contributed by atoms with Gasteiger partial charge >= 0.3 is 5.97 Å². The molecular formula is C18H22N2O3. The third-order valence-corrected chi connectivity index (χ3v) is 3.66. The summed E-state index contributed by atoms with van der Waals surface area (Å²) in [6, 6.07) is 10.8. The number of amides is 1. The van der Waals surface area contributed by atoms with E-state index in [2.05, 4.69) is 9.88 Å². The first-order chi connectivity index (χ1) is 11.0. The van der Waals surface area contributed by atoms with Crippen molar-refractivity contribution >= 4 is 17.6 Å². The summed E-state index contributed by atoms with van der Waals surface area (Å²) >= 11 is 0. The van der Waals surface area contributed by atoms with Crippen LogP contribution in [0.3, 0.4) is 0 Å². The highest BCUT2D eigenvalue weighted by atomic mass is 16.5. The molecule has 5 nitrogen and oxygen atoms in total. The first kappa shape index (κ1) is 16.8. The predicted molar refractivity (Wildman–Crippen MR) is 89.6 cm³/mol. The van der Waals surface area contributed by atoms with E-state index in [1.165, 1.54) is 0 Å². The van der Waals surface area contributed by atoms with Gasteiger partial charge in [0.05, 0.1) is 12.2 Å². The third kappa shape index (κ3) is 4.45. The van der Waals surface area contributed by atoms with Crippen molar-refractivity contribution in [1.29, 1.82) is 0 Å². The summed E-state index contributed by atoms with van der Waals surface area (Å²) in [6.07, 6.45) is 0.399. The molecule has 0 aliphatic heterocycles. The largest absolute Gasteiger partial charge is 0.462 e. The number of aryl methyl sites for hydroxylation is 2. The van der Waals surface area contributed by atoms with Gasteiger partial charge in [-0.1, -0.05) is 0 Å². The van der Waals surface area contributed by atoms with Crippen molar-refractivity contribution in [1.82, 2.24) is 4.57 Å². The molecule has 2 rings (SSSR count). The maximum atomic E-state index is 12.0. The molecule has 0 unspecified atom stereocenters. The maximum Gasteiger partial charge on any atom is 0.338 e. The molecule has 1 aromatic carbocycles. The molecule has 1 amide bonds. The minimum Gasteiger partial charge on any atom is -0.462 e. The van der Waals surface area contributed by atoms with Crippen LogP contribution in [-0.2, 0) is 16.1 Å². The number of nitrogens with one attached hydrogen (secondary N) is 1. The van der Waals surface area contributed by atoms with Crippen LogP contribution in [0.15, 0.2) is 36.4 Å². The quantitative estimate of drug-likeness (QED) is 0.832. The van der Waals surface area contributed by atoms with Crippen LogP contribution in [0.1, 0.15) is 35.1 Å². The Morgan fingerprint density at radius 2 is 1.65 bits per heavy atom. The molecule has 0 radical (unpaired) electrons. The van der Waals surface area contributed by atoms with E-state index >= 15 is 0 Å². The molecule has 1 heterocycles. The molecule has 0 saturated carbocycles. The fraction of sp³-hybridized carbons (Fsp3) is 0.333. The van der Waals surface area contributed by atoms with Crippen molar-refractivity contribution in [2.24, 2.45) is 0 Å². The van der Waals surface area contributed by atoms with E-state index in [0.29, 0.717) is 30.8 Å². The lowest BCUT2D eigenvalue weighted by Crippen LogP contribution is -2.15. The Balaban J connectivity index is 1.89. The number of carbonyl (C=O) groups is 2. The first-order valence-electron chi connectivity index (χ1n) is 7.71. The second kappa shape index (κ2) is 7.63. The number of nitrogens with zero attached hydrogens (tertiary/aromatic N) is 1. The first-order valence-corrected chi connectivity index (χ1v) is 7.71. The van der Waals surface area contributed by atoms with E-state index in [0.717, 1.165) is 11.4 Å². The fourth-order valence-electron chi connectivity index (χ4n) is 2.39. The van der Waals surface area contributed by atoms with Crippen LogP contribution in [0.25, 0.3) is 0 Å². The lowest BCUT2D eigenvalue weighted by atomic mass is 10.2. The summed E-state index contributed by atoms with van der Waals surface area (Å²) in [4.78, 5) is 23.6. The number of rotatable bonds is 6. The van der Waals surface area contributed by atoms with Gasteiger partial charge in [-0.3, -0.25) is 4.79 Å². The summed E-state index contributed by atoms with van der Waals surface area (Å²) in [5, 5.41) is 2.84. The summed E-state index contributed by atoms with van der Waals surface area (Å²) in [5.41, 5.74) is 3.44.